The van der Waals surface area contributed by atoms with Crippen molar-refractivity contribution < 1.29 is 22.4 Å². The SMILES string of the molecule is O=C(CCCc1ncc(-c2ccccc2)o1)N1CCCN(c2ccc(C(F)(F)F)cn2)CC1. The molecule has 0 radical (unpaired) electrons. The molecule has 0 atom stereocenters. The lowest BCUT2D eigenvalue weighted by Crippen LogP contribution is -2.35. The van der Waals surface area contributed by atoms with Crippen LogP contribution >= 0.6 is 0 Å². The normalized spacial score (nSPS) is 14.9. The average molecular weight is 458 g/mol. The van der Waals surface area contributed by atoms with Gasteiger partial charge in [-0.05, 0) is 25.0 Å². The van der Waals surface area contributed by atoms with Gasteiger partial charge in [-0.2, -0.15) is 13.2 Å². The Labute approximate surface area is 190 Å². The molecule has 0 bridgehead atoms. The fourth-order valence-corrected chi connectivity index (χ4v) is 3.85. The Hall–Kier alpha value is -3.36. The fraction of sp³-hybridized carbons (Fsp3) is 0.375. The van der Waals surface area contributed by atoms with E-state index >= 15 is 0 Å². The molecule has 6 nitrogen and oxygen atoms in total. The van der Waals surface area contributed by atoms with Gasteiger partial charge in [0.2, 0.25) is 5.91 Å². The lowest BCUT2D eigenvalue weighted by atomic mass is 10.2. The predicted octanol–water partition coefficient (Wildman–Crippen LogP) is 4.82. The van der Waals surface area contributed by atoms with E-state index < -0.39 is 11.7 Å². The minimum Gasteiger partial charge on any atom is -0.441 e. The Kier molecular flexibility index (Phi) is 6.96. The van der Waals surface area contributed by atoms with Crippen molar-refractivity contribution in [3.63, 3.8) is 0 Å². The van der Waals surface area contributed by atoms with E-state index in [1.165, 1.54) is 6.07 Å². The van der Waals surface area contributed by atoms with Crippen LogP contribution in [-0.2, 0) is 17.4 Å². The molecule has 0 unspecified atom stereocenters. The number of alkyl halides is 3. The number of benzene rings is 1. The highest BCUT2D eigenvalue weighted by molar-refractivity contribution is 5.76. The van der Waals surface area contributed by atoms with Gasteiger partial charge in [0.05, 0.1) is 11.8 Å². The van der Waals surface area contributed by atoms with Gasteiger partial charge in [-0.1, -0.05) is 30.3 Å². The first-order chi connectivity index (χ1) is 15.9. The van der Waals surface area contributed by atoms with Crippen LogP contribution < -0.4 is 4.90 Å². The number of hydrogen-bond acceptors (Lipinski definition) is 5. The van der Waals surface area contributed by atoms with E-state index in [0.717, 1.165) is 24.2 Å². The summed E-state index contributed by atoms with van der Waals surface area (Å²) in [7, 11) is 0. The molecule has 1 amide bonds. The smallest absolute Gasteiger partial charge is 0.417 e. The van der Waals surface area contributed by atoms with Gasteiger partial charge in [-0.25, -0.2) is 9.97 Å². The van der Waals surface area contributed by atoms with Crippen LogP contribution in [0.2, 0.25) is 0 Å². The largest absolute Gasteiger partial charge is 0.441 e. The average Bonchev–Trinajstić information content (AvgIpc) is 3.14. The number of rotatable bonds is 6. The molecule has 1 aliphatic rings. The van der Waals surface area contributed by atoms with Crippen LogP contribution in [0.3, 0.4) is 0 Å². The second-order valence-electron chi connectivity index (χ2n) is 7.96. The van der Waals surface area contributed by atoms with Crippen molar-refractivity contribution in [2.24, 2.45) is 0 Å². The summed E-state index contributed by atoms with van der Waals surface area (Å²) < 4.78 is 44.0. The van der Waals surface area contributed by atoms with E-state index in [-0.39, 0.29) is 5.91 Å². The molecule has 0 saturated carbocycles. The van der Waals surface area contributed by atoms with E-state index in [2.05, 4.69) is 9.97 Å². The molecule has 174 valence electrons. The molecule has 3 aromatic rings. The number of oxazole rings is 1. The molecular weight excluding hydrogens is 433 g/mol. The summed E-state index contributed by atoms with van der Waals surface area (Å²) >= 11 is 0. The molecule has 0 spiro atoms. The van der Waals surface area contributed by atoms with Crippen molar-refractivity contribution in [3.05, 3.63) is 66.3 Å². The second-order valence-corrected chi connectivity index (χ2v) is 7.96. The standard InChI is InChI=1S/C24H25F3N4O2/c25-24(26,27)19-10-11-21(28-16-19)30-12-5-13-31(15-14-30)23(32)9-4-8-22-29-17-20(33-22)18-6-2-1-3-7-18/h1-3,6-7,10-11,16-17H,4-5,8-9,12-15H2. The lowest BCUT2D eigenvalue weighted by Gasteiger charge is -2.23. The Morgan fingerprint density at radius 3 is 2.52 bits per heavy atom. The van der Waals surface area contributed by atoms with Gasteiger partial charge in [0.25, 0.3) is 0 Å². The van der Waals surface area contributed by atoms with Crippen LogP contribution in [-0.4, -0.2) is 47.0 Å². The van der Waals surface area contributed by atoms with Gasteiger partial charge in [0.1, 0.15) is 5.82 Å². The van der Waals surface area contributed by atoms with Crippen LogP contribution in [0.1, 0.15) is 30.7 Å². The molecular formula is C24H25F3N4O2. The first-order valence-corrected chi connectivity index (χ1v) is 11.0. The first-order valence-electron chi connectivity index (χ1n) is 11.0. The number of carbonyl (C=O) groups excluding carboxylic acids is 1. The zero-order valence-corrected chi connectivity index (χ0v) is 18.1. The number of hydrogen-bond donors (Lipinski definition) is 0. The van der Waals surface area contributed by atoms with E-state index in [4.69, 9.17) is 4.42 Å². The zero-order chi connectivity index (χ0) is 23.3. The summed E-state index contributed by atoms with van der Waals surface area (Å²) in [6, 6.07) is 12.2. The maximum atomic E-state index is 12.7. The van der Waals surface area contributed by atoms with Crippen molar-refractivity contribution in [1.29, 1.82) is 0 Å². The number of pyridine rings is 1. The van der Waals surface area contributed by atoms with Crippen molar-refractivity contribution in [3.8, 4) is 11.3 Å². The predicted molar refractivity (Wildman–Crippen MR) is 118 cm³/mol. The summed E-state index contributed by atoms with van der Waals surface area (Å²) in [5.74, 6) is 1.88. The highest BCUT2D eigenvalue weighted by Crippen LogP contribution is 2.29. The summed E-state index contributed by atoms with van der Waals surface area (Å²) in [6.45, 7) is 2.30. The molecule has 33 heavy (non-hydrogen) atoms. The van der Waals surface area contributed by atoms with Gasteiger partial charge in [0, 0.05) is 50.8 Å². The summed E-state index contributed by atoms with van der Waals surface area (Å²) in [5.41, 5.74) is 0.198. The van der Waals surface area contributed by atoms with E-state index in [0.29, 0.717) is 62.9 Å². The third-order valence-electron chi connectivity index (χ3n) is 5.64. The Morgan fingerprint density at radius 1 is 0.970 bits per heavy atom. The number of aryl methyl sites for hydroxylation is 1. The van der Waals surface area contributed by atoms with Gasteiger partial charge >= 0.3 is 6.18 Å². The third-order valence-corrected chi connectivity index (χ3v) is 5.64. The highest BCUT2D eigenvalue weighted by Gasteiger charge is 2.31. The maximum absolute atomic E-state index is 12.7. The number of anilines is 1. The van der Waals surface area contributed by atoms with Crippen molar-refractivity contribution in [2.75, 3.05) is 31.1 Å². The Bertz CT molecular complexity index is 1050. The quantitative estimate of drug-likeness (QED) is 0.530. The maximum Gasteiger partial charge on any atom is 0.417 e. The molecule has 0 aliphatic carbocycles. The number of carbonyl (C=O) groups is 1. The summed E-state index contributed by atoms with van der Waals surface area (Å²) in [5, 5.41) is 0. The van der Waals surface area contributed by atoms with Crippen molar-refractivity contribution >= 4 is 11.7 Å². The monoisotopic (exact) mass is 458 g/mol. The minimum atomic E-state index is -4.40. The molecule has 4 rings (SSSR count). The molecule has 1 saturated heterocycles. The molecule has 1 aliphatic heterocycles. The number of amides is 1. The molecule has 9 heteroatoms. The van der Waals surface area contributed by atoms with Crippen LogP contribution in [0.4, 0.5) is 19.0 Å². The fourth-order valence-electron chi connectivity index (χ4n) is 3.85. The summed E-state index contributed by atoms with van der Waals surface area (Å²) in [4.78, 5) is 24.7. The number of aromatic nitrogens is 2. The van der Waals surface area contributed by atoms with E-state index in [9.17, 15) is 18.0 Å². The zero-order valence-electron chi connectivity index (χ0n) is 18.1. The van der Waals surface area contributed by atoms with Crippen LogP contribution in [0.25, 0.3) is 11.3 Å². The third kappa shape index (κ3) is 5.91. The van der Waals surface area contributed by atoms with Gasteiger partial charge in [-0.15, -0.1) is 0 Å². The number of nitrogens with zero attached hydrogens (tertiary/aromatic N) is 4. The Balaban J connectivity index is 1.25. The minimum absolute atomic E-state index is 0.0621. The van der Waals surface area contributed by atoms with E-state index in [1.807, 2.05) is 40.1 Å². The molecule has 1 aromatic carbocycles. The van der Waals surface area contributed by atoms with Crippen LogP contribution in [0.5, 0.6) is 0 Å². The highest BCUT2D eigenvalue weighted by atomic mass is 19.4. The topological polar surface area (TPSA) is 62.5 Å². The second kappa shape index (κ2) is 10.1. The van der Waals surface area contributed by atoms with Crippen molar-refractivity contribution in [1.82, 2.24) is 14.9 Å². The molecule has 2 aromatic heterocycles. The molecule has 0 N–H and O–H groups in total. The van der Waals surface area contributed by atoms with Crippen LogP contribution in [0.15, 0.2) is 59.3 Å². The van der Waals surface area contributed by atoms with Crippen LogP contribution in [0, 0.1) is 0 Å². The Morgan fingerprint density at radius 2 is 1.79 bits per heavy atom. The lowest BCUT2D eigenvalue weighted by molar-refractivity contribution is -0.137. The molecule has 1 fully saturated rings. The molecule has 3 heterocycles. The first kappa shape index (κ1) is 22.8. The van der Waals surface area contributed by atoms with Crippen molar-refractivity contribution in [2.45, 2.75) is 31.9 Å². The van der Waals surface area contributed by atoms with Gasteiger partial charge in [0.15, 0.2) is 11.7 Å². The summed E-state index contributed by atoms with van der Waals surface area (Å²) in [6.07, 6.45) is 0.487. The van der Waals surface area contributed by atoms with Gasteiger partial charge < -0.3 is 14.2 Å². The van der Waals surface area contributed by atoms with E-state index in [1.54, 1.807) is 6.20 Å². The number of halogens is 3. The van der Waals surface area contributed by atoms with Gasteiger partial charge in [-0.3, -0.25) is 4.79 Å².